The topological polar surface area (TPSA) is 74.6 Å². The number of hydrogen-bond donors (Lipinski definition) is 2. The summed E-state index contributed by atoms with van der Waals surface area (Å²) in [4.78, 5) is 19.1. The predicted molar refractivity (Wildman–Crippen MR) is 63.4 cm³/mol. The number of carboxylic acid groups (broad SMARTS) is 2. The summed E-state index contributed by atoms with van der Waals surface area (Å²) in [7, 11) is 0. The molecule has 0 fully saturated rings. The van der Waals surface area contributed by atoms with Crippen LogP contribution in [0.3, 0.4) is 0 Å². The third-order valence-corrected chi connectivity index (χ3v) is 1.58. The first kappa shape index (κ1) is 16.8. The Hall–Kier alpha value is -1.58. The van der Waals surface area contributed by atoms with Crippen LogP contribution < -0.4 is 0 Å². The van der Waals surface area contributed by atoms with E-state index in [1.165, 1.54) is 25.7 Å². The van der Waals surface area contributed by atoms with E-state index in [0.717, 1.165) is 0 Å². The van der Waals surface area contributed by atoms with Crippen molar-refractivity contribution in [3.63, 3.8) is 0 Å². The van der Waals surface area contributed by atoms with Gasteiger partial charge in [0, 0.05) is 12.2 Å². The van der Waals surface area contributed by atoms with Crippen LogP contribution in [0.15, 0.2) is 24.3 Å². The van der Waals surface area contributed by atoms with Crippen molar-refractivity contribution >= 4 is 11.9 Å². The molecule has 0 spiro atoms. The highest BCUT2D eigenvalue weighted by atomic mass is 16.4. The maximum atomic E-state index is 9.55. The van der Waals surface area contributed by atoms with Gasteiger partial charge in [-0.05, 0) is 19.8 Å². The summed E-state index contributed by atoms with van der Waals surface area (Å²) in [6.45, 7) is 4.31. The van der Waals surface area contributed by atoms with Gasteiger partial charge in [-0.15, -0.1) is 0 Å². The quantitative estimate of drug-likeness (QED) is 0.416. The molecule has 0 aromatic heterocycles. The van der Waals surface area contributed by atoms with Crippen LogP contribution in [0.1, 0.15) is 39.5 Å². The summed E-state index contributed by atoms with van der Waals surface area (Å²) in [5, 5.41) is 15.6. The summed E-state index contributed by atoms with van der Waals surface area (Å²) >= 11 is 0. The molecule has 0 aromatic rings. The number of aliphatic carboxylic acids is 2. The van der Waals surface area contributed by atoms with Gasteiger partial charge in [0.05, 0.1) is 0 Å². The van der Waals surface area contributed by atoms with Crippen LogP contribution in [0.25, 0.3) is 0 Å². The summed E-state index contributed by atoms with van der Waals surface area (Å²) in [6.07, 6.45) is 10.8. The van der Waals surface area contributed by atoms with E-state index in [1.807, 2.05) is 0 Å². The standard InChI is InChI=1S/C8H16.C4H4O4/c1-3-5-7-8-6-4-2;5-3(6)1-2-4(7)8/h3,5H,4,6-8H2,1-2H3;1-2H,(H,5,6)(H,7,8)/b;2-1+. The van der Waals surface area contributed by atoms with Crippen LogP contribution in [0.2, 0.25) is 0 Å². The van der Waals surface area contributed by atoms with Crippen LogP contribution in [-0.4, -0.2) is 22.2 Å². The molecule has 0 aliphatic heterocycles. The van der Waals surface area contributed by atoms with Gasteiger partial charge in [0.2, 0.25) is 0 Å². The molecule has 0 saturated heterocycles. The number of unbranched alkanes of at least 4 members (excludes halogenated alkanes) is 3. The summed E-state index contributed by atoms with van der Waals surface area (Å²) in [5.74, 6) is -2.51. The Bertz CT molecular complexity index is 225. The fourth-order valence-electron chi connectivity index (χ4n) is 0.821. The van der Waals surface area contributed by atoms with E-state index in [9.17, 15) is 9.59 Å². The van der Waals surface area contributed by atoms with Gasteiger partial charge in [-0.3, -0.25) is 0 Å². The largest absolute Gasteiger partial charge is 0.478 e. The van der Waals surface area contributed by atoms with E-state index in [1.54, 1.807) is 0 Å². The summed E-state index contributed by atoms with van der Waals surface area (Å²) < 4.78 is 0. The van der Waals surface area contributed by atoms with Crippen molar-refractivity contribution in [3.8, 4) is 0 Å². The van der Waals surface area contributed by atoms with E-state index < -0.39 is 11.9 Å². The Morgan fingerprint density at radius 1 is 1.06 bits per heavy atom. The van der Waals surface area contributed by atoms with Crippen LogP contribution in [0, 0.1) is 0 Å². The van der Waals surface area contributed by atoms with Gasteiger partial charge in [0.15, 0.2) is 0 Å². The molecule has 0 unspecified atom stereocenters. The molecular formula is C12H20O4. The maximum absolute atomic E-state index is 9.55. The van der Waals surface area contributed by atoms with Gasteiger partial charge >= 0.3 is 11.9 Å². The third kappa shape index (κ3) is 22.8. The molecule has 0 atom stereocenters. The van der Waals surface area contributed by atoms with Crippen LogP contribution in [0.5, 0.6) is 0 Å². The molecule has 16 heavy (non-hydrogen) atoms. The van der Waals surface area contributed by atoms with Gasteiger partial charge in [-0.1, -0.05) is 31.9 Å². The van der Waals surface area contributed by atoms with E-state index in [-0.39, 0.29) is 0 Å². The third-order valence-electron chi connectivity index (χ3n) is 1.58. The van der Waals surface area contributed by atoms with Gasteiger partial charge in [-0.2, -0.15) is 0 Å². The Labute approximate surface area is 96.3 Å². The van der Waals surface area contributed by atoms with Gasteiger partial charge < -0.3 is 10.2 Å². The van der Waals surface area contributed by atoms with Crippen LogP contribution in [-0.2, 0) is 9.59 Å². The molecule has 0 aromatic carbocycles. The second-order valence-electron chi connectivity index (χ2n) is 3.07. The average Bonchev–Trinajstić information content (AvgIpc) is 2.23. The molecular weight excluding hydrogens is 208 g/mol. The number of rotatable bonds is 6. The van der Waals surface area contributed by atoms with Gasteiger partial charge in [0.1, 0.15) is 0 Å². The number of allylic oxidation sites excluding steroid dienone is 2. The highest BCUT2D eigenvalue weighted by Crippen LogP contribution is 1.98. The normalized spacial score (nSPS) is 10.1. The fraction of sp³-hybridized carbons (Fsp3) is 0.500. The van der Waals surface area contributed by atoms with Crippen LogP contribution in [0.4, 0.5) is 0 Å². The monoisotopic (exact) mass is 228 g/mol. The van der Waals surface area contributed by atoms with Gasteiger partial charge in [0.25, 0.3) is 0 Å². The highest BCUT2D eigenvalue weighted by molar-refractivity contribution is 5.89. The Morgan fingerprint density at radius 3 is 1.88 bits per heavy atom. The molecule has 0 aliphatic carbocycles. The van der Waals surface area contributed by atoms with E-state index in [2.05, 4.69) is 26.0 Å². The lowest BCUT2D eigenvalue weighted by atomic mass is 10.2. The predicted octanol–water partition coefficient (Wildman–Crippen LogP) is 2.85. The minimum Gasteiger partial charge on any atom is -0.478 e. The minimum absolute atomic E-state index is 0.558. The van der Waals surface area contributed by atoms with E-state index >= 15 is 0 Å². The van der Waals surface area contributed by atoms with Crippen molar-refractivity contribution in [3.05, 3.63) is 24.3 Å². The average molecular weight is 228 g/mol. The molecule has 0 rings (SSSR count). The lowest BCUT2D eigenvalue weighted by Crippen LogP contribution is -1.91. The molecule has 0 bridgehead atoms. The zero-order valence-corrected chi connectivity index (χ0v) is 9.85. The molecule has 4 nitrogen and oxygen atoms in total. The van der Waals surface area contributed by atoms with Crippen molar-refractivity contribution in [2.75, 3.05) is 0 Å². The maximum Gasteiger partial charge on any atom is 0.328 e. The first-order valence-electron chi connectivity index (χ1n) is 5.29. The van der Waals surface area contributed by atoms with Gasteiger partial charge in [-0.25, -0.2) is 9.59 Å². The number of carboxylic acids is 2. The van der Waals surface area contributed by atoms with Crippen molar-refractivity contribution < 1.29 is 19.8 Å². The van der Waals surface area contributed by atoms with Crippen molar-refractivity contribution in [1.29, 1.82) is 0 Å². The highest BCUT2D eigenvalue weighted by Gasteiger charge is 1.88. The van der Waals surface area contributed by atoms with Crippen LogP contribution >= 0.6 is 0 Å². The first-order valence-corrected chi connectivity index (χ1v) is 5.29. The Morgan fingerprint density at radius 2 is 1.56 bits per heavy atom. The second-order valence-corrected chi connectivity index (χ2v) is 3.07. The molecule has 92 valence electrons. The fourth-order valence-corrected chi connectivity index (χ4v) is 0.821. The smallest absolute Gasteiger partial charge is 0.328 e. The second kappa shape index (κ2) is 13.4. The molecule has 0 aliphatic rings. The Balaban J connectivity index is 0. The molecule has 0 saturated carbocycles. The SMILES string of the molecule is CC=CCCCCC.O=C(O)/C=C/C(=O)O. The molecule has 2 N–H and O–H groups in total. The first-order chi connectivity index (χ1) is 7.54. The summed E-state index contributed by atoms with van der Waals surface area (Å²) in [5.41, 5.74) is 0. The van der Waals surface area contributed by atoms with Crippen molar-refractivity contribution in [2.24, 2.45) is 0 Å². The summed E-state index contributed by atoms with van der Waals surface area (Å²) in [6, 6.07) is 0. The zero-order valence-electron chi connectivity index (χ0n) is 9.85. The number of carbonyl (C=O) groups is 2. The van der Waals surface area contributed by atoms with Crippen molar-refractivity contribution in [2.45, 2.75) is 39.5 Å². The lowest BCUT2D eigenvalue weighted by molar-refractivity contribution is -0.134. The molecule has 0 amide bonds. The molecule has 4 heteroatoms. The lowest BCUT2D eigenvalue weighted by Gasteiger charge is -1.88. The van der Waals surface area contributed by atoms with Crippen molar-refractivity contribution in [1.82, 2.24) is 0 Å². The molecule has 0 heterocycles. The minimum atomic E-state index is -1.26. The molecule has 0 radical (unpaired) electrons. The van der Waals surface area contributed by atoms with E-state index in [4.69, 9.17) is 10.2 Å². The Kier molecular flexibility index (Phi) is 14.1. The number of hydrogen-bond acceptors (Lipinski definition) is 2. The van der Waals surface area contributed by atoms with E-state index in [0.29, 0.717) is 12.2 Å². The zero-order chi connectivity index (χ0) is 12.8.